The first-order valence-electron chi connectivity index (χ1n) is 8.34. The van der Waals surface area contributed by atoms with Gasteiger partial charge in [-0.05, 0) is 50.3 Å². The fourth-order valence-electron chi connectivity index (χ4n) is 1.96. The zero-order valence-corrected chi connectivity index (χ0v) is 15.4. The molecule has 0 saturated heterocycles. The molecule has 0 unspecified atom stereocenters. The predicted molar refractivity (Wildman–Crippen MR) is 105 cm³/mol. The number of hydrogen-bond donors (Lipinski definition) is 0. The molecule has 0 aliphatic rings. The molecule has 0 aliphatic heterocycles. The molecule has 0 fully saturated rings. The Morgan fingerprint density at radius 1 is 0.739 bits per heavy atom. The molecule has 0 saturated carbocycles. The summed E-state index contributed by atoms with van der Waals surface area (Å²) in [6.45, 7) is 13.1. The molecule has 0 heterocycles. The van der Waals surface area contributed by atoms with Crippen LogP contribution in [0.5, 0.6) is 0 Å². The van der Waals surface area contributed by atoms with Crippen LogP contribution in [-0.2, 0) is 0 Å². The van der Waals surface area contributed by atoms with Gasteiger partial charge in [-0.25, -0.2) is 0 Å². The average molecular weight is 306 g/mol. The Bertz CT molecular complexity index is 624. The highest BCUT2D eigenvalue weighted by molar-refractivity contribution is 5.65. The Labute approximate surface area is 142 Å². The SMILES string of the molecule is CC(=Cc1ccccc1)C(C)C.CC(C)=C(C)c1ccccc1. The van der Waals surface area contributed by atoms with E-state index in [9.17, 15) is 0 Å². The maximum absolute atomic E-state index is 2.24. The summed E-state index contributed by atoms with van der Waals surface area (Å²) in [4.78, 5) is 0. The summed E-state index contributed by atoms with van der Waals surface area (Å²) >= 11 is 0. The van der Waals surface area contributed by atoms with E-state index in [1.54, 1.807) is 0 Å². The quantitative estimate of drug-likeness (QED) is 0.560. The van der Waals surface area contributed by atoms with E-state index in [2.05, 4.69) is 96.1 Å². The molecule has 2 rings (SSSR count). The molecule has 0 spiro atoms. The average Bonchev–Trinajstić information content (AvgIpc) is 2.56. The molecule has 2 aromatic carbocycles. The summed E-state index contributed by atoms with van der Waals surface area (Å²) in [6.07, 6.45) is 2.24. The second-order valence-corrected chi connectivity index (χ2v) is 6.44. The summed E-state index contributed by atoms with van der Waals surface area (Å²) in [6, 6.07) is 20.9. The van der Waals surface area contributed by atoms with E-state index in [1.165, 1.54) is 27.8 Å². The van der Waals surface area contributed by atoms with E-state index in [0.717, 1.165) is 0 Å². The lowest BCUT2D eigenvalue weighted by Crippen LogP contribution is -1.87. The van der Waals surface area contributed by atoms with Crippen LogP contribution < -0.4 is 0 Å². The van der Waals surface area contributed by atoms with Crippen LogP contribution in [0.4, 0.5) is 0 Å². The van der Waals surface area contributed by atoms with Crippen LogP contribution in [0.25, 0.3) is 11.6 Å². The standard InChI is InChI=1S/C12H16.C11H14/c1-10(2)11(3)9-12-7-5-4-6-8-12;1-9(2)10(3)11-7-5-4-6-8-11/h4-10H,1-3H3;4-8H,1-3H3. The van der Waals surface area contributed by atoms with Gasteiger partial charge in [-0.3, -0.25) is 0 Å². The maximum Gasteiger partial charge on any atom is -0.0228 e. The summed E-state index contributed by atoms with van der Waals surface area (Å²) < 4.78 is 0. The van der Waals surface area contributed by atoms with Crippen molar-refractivity contribution >= 4 is 11.6 Å². The van der Waals surface area contributed by atoms with Gasteiger partial charge in [-0.15, -0.1) is 0 Å². The highest BCUT2D eigenvalue weighted by Crippen LogP contribution is 2.16. The van der Waals surface area contributed by atoms with Crippen molar-refractivity contribution in [2.24, 2.45) is 5.92 Å². The van der Waals surface area contributed by atoms with Gasteiger partial charge < -0.3 is 0 Å². The van der Waals surface area contributed by atoms with Crippen LogP contribution in [-0.4, -0.2) is 0 Å². The van der Waals surface area contributed by atoms with Crippen molar-refractivity contribution in [2.75, 3.05) is 0 Å². The van der Waals surface area contributed by atoms with Crippen LogP contribution >= 0.6 is 0 Å². The lowest BCUT2D eigenvalue weighted by atomic mass is 10.0. The van der Waals surface area contributed by atoms with Gasteiger partial charge in [-0.2, -0.15) is 0 Å². The molecule has 2 aromatic rings. The van der Waals surface area contributed by atoms with Crippen LogP contribution in [0, 0.1) is 5.92 Å². The van der Waals surface area contributed by atoms with Gasteiger partial charge in [0, 0.05) is 0 Å². The molecule has 0 radical (unpaired) electrons. The van der Waals surface area contributed by atoms with E-state index in [0.29, 0.717) is 5.92 Å². The van der Waals surface area contributed by atoms with Crippen molar-refractivity contribution in [3.63, 3.8) is 0 Å². The van der Waals surface area contributed by atoms with E-state index in [4.69, 9.17) is 0 Å². The van der Waals surface area contributed by atoms with Gasteiger partial charge in [0.05, 0.1) is 0 Å². The lowest BCUT2D eigenvalue weighted by molar-refractivity contribution is 0.776. The molecule has 0 N–H and O–H groups in total. The Morgan fingerprint density at radius 2 is 1.22 bits per heavy atom. The molecule has 0 amide bonds. The van der Waals surface area contributed by atoms with E-state index in [1.807, 2.05) is 12.1 Å². The van der Waals surface area contributed by atoms with Crippen LogP contribution in [0.1, 0.15) is 52.7 Å². The Hall–Kier alpha value is -2.08. The number of rotatable bonds is 3. The fraction of sp³-hybridized carbons (Fsp3) is 0.304. The highest BCUT2D eigenvalue weighted by Gasteiger charge is 1.95. The summed E-state index contributed by atoms with van der Waals surface area (Å²) in [5.74, 6) is 0.644. The van der Waals surface area contributed by atoms with Crippen molar-refractivity contribution in [3.05, 3.63) is 82.9 Å². The highest BCUT2D eigenvalue weighted by atomic mass is 14.0. The van der Waals surface area contributed by atoms with E-state index < -0.39 is 0 Å². The van der Waals surface area contributed by atoms with E-state index in [-0.39, 0.29) is 0 Å². The molecular formula is C23H30. The minimum absolute atomic E-state index is 0.644. The van der Waals surface area contributed by atoms with Crippen LogP contribution in [0.15, 0.2) is 71.8 Å². The smallest absolute Gasteiger partial charge is 0.0228 e. The third-order valence-electron chi connectivity index (χ3n) is 4.06. The van der Waals surface area contributed by atoms with Crippen molar-refractivity contribution in [3.8, 4) is 0 Å². The van der Waals surface area contributed by atoms with Crippen LogP contribution in [0.3, 0.4) is 0 Å². The van der Waals surface area contributed by atoms with Crippen LogP contribution in [0.2, 0.25) is 0 Å². The second kappa shape index (κ2) is 9.84. The van der Waals surface area contributed by atoms with Crippen molar-refractivity contribution in [1.82, 2.24) is 0 Å². The maximum atomic E-state index is 2.24. The molecule has 23 heavy (non-hydrogen) atoms. The van der Waals surface area contributed by atoms with Gasteiger partial charge >= 0.3 is 0 Å². The molecule has 0 heteroatoms. The molecule has 0 atom stereocenters. The summed E-state index contributed by atoms with van der Waals surface area (Å²) in [7, 11) is 0. The number of hydrogen-bond acceptors (Lipinski definition) is 0. The summed E-state index contributed by atoms with van der Waals surface area (Å²) in [5.41, 5.74) is 6.82. The molecule has 0 bridgehead atoms. The number of benzene rings is 2. The van der Waals surface area contributed by atoms with E-state index >= 15 is 0 Å². The first-order valence-corrected chi connectivity index (χ1v) is 8.34. The predicted octanol–water partition coefficient (Wildman–Crippen LogP) is 7.25. The minimum Gasteiger partial charge on any atom is -0.0729 e. The molecular weight excluding hydrogens is 276 g/mol. The third kappa shape index (κ3) is 7.15. The topological polar surface area (TPSA) is 0 Å². The summed E-state index contributed by atoms with van der Waals surface area (Å²) in [5, 5.41) is 0. The van der Waals surface area contributed by atoms with Crippen molar-refractivity contribution in [1.29, 1.82) is 0 Å². The second-order valence-electron chi connectivity index (χ2n) is 6.44. The Kier molecular flexibility index (Phi) is 8.11. The van der Waals surface area contributed by atoms with Gasteiger partial charge in [0.1, 0.15) is 0 Å². The fourth-order valence-corrected chi connectivity index (χ4v) is 1.96. The Balaban J connectivity index is 0.000000231. The first-order chi connectivity index (χ1) is 10.9. The largest absolute Gasteiger partial charge is 0.0729 e. The molecule has 0 aromatic heterocycles. The van der Waals surface area contributed by atoms with Gasteiger partial charge in [0.25, 0.3) is 0 Å². The van der Waals surface area contributed by atoms with Crippen molar-refractivity contribution < 1.29 is 0 Å². The van der Waals surface area contributed by atoms with Gasteiger partial charge in [0.2, 0.25) is 0 Å². The van der Waals surface area contributed by atoms with Gasteiger partial charge in [0.15, 0.2) is 0 Å². The molecule has 122 valence electrons. The van der Waals surface area contributed by atoms with Crippen molar-refractivity contribution in [2.45, 2.75) is 41.5 Å². The third-order valence-corrected chi connectivity index (χ3v) is 4.06. The normalized spacial score (nSPS) is 10.8. The Morgan fingerprint density at radius 3 is 1.65 bits per heavy atom. The monoisotopic (exact) mass is 306 g/mol. The zero-order valence-electron chi connectivity index (χ0n) is 15.4. The minimum atomic E-state index is 0.644. The molecule has 0 aliphatic carbocycles. The molecule has 0 nitrogen and oxygen atoms in total. The zero-order chi connectivity index (χ0) is 17.2. The first kappa shape index (κ1) is 19.0. The number of allylic oxidation sites excluding steroid dienone is 3. The van der Waals surface area contributed by atoms with Gasteiger partial charge in [-0.1, -0.05) is 91.7 Å². The lowest BCUT2D eigenvalue weighted by Gasteiger charge is -2.04.